The maximum atomic E-state index is 13.9. The lowest BCUT2D eigenvalue weighted by Crippen LogP contribution is -2.58. The summed E-state index contributed by atoms with van der Waals surface area (Å²) in [5.41, 5.74) is 3.32. The molecule has 2 N–H and O–H groups in total. The second-order valence-corrected chi connectivity index (χ2v) is 11.9. The summed E-state index contributed by atoms with van der Waals surface area (Å²) in [6.45, 7) is 13.8. The van der Waals surface area contributed by atoms with Gasteiger partial charge >= 0.3 is 6.03 Å². The molecule has 2 aromatic carbocycles. The Morgan fingerprint density at radius 2 is 1.50 bits per heavy atom. The molecule has 2 heterocycles. The molecule has 4 rings (SSSR count). The number of carbonyl (C=O) groups is 3. The number of nitrogens with zero attached hydrogens (tertiary/aromatic N) is 3. The lowest BCUT2D eigenvalue weighted by molar-refractivity contribution is -0.137. The fourth-order valence-corrected chi connectivity index (χ4v) is 5.88. The van der Waals surface area contributed by atoms with E-state index in [1.165, 1.54) is 0 Å². The van der Waals surface area contributed by atoms with Gasteiger partial charge in [-0.3, -0.25) is 9.59 Å². The molecule has 4 amide bonds. The van der Waals surface area contributed by atoms with Crippen LogP contribution in [0.25, 0.3) is 0 Å². The SMILES string of the molecule is CC[C@@H](C)NC(=O)CN1CN(c2ccccc2)C2(CCN(C(=O)Nc3c(C(C)C)cccc3C(C)C)CC2)C1=O. The van der Waals surface area contributed by atoms with Crippen molar-refractivity contribution in [2.24, 2.45) is 0 Å². The number of urea groups is 1. The molecule has 0 unspecified atom stereocenters. The van der Waals surface area contributed by atoms with Gasteiger partial charge in [-0.2, -0.15) is 0 Å². The molecule has 8 nitrogen and oxygen atoms in total. The Morgan fingerprint density at radius 3 is 2.05 bits per heavy atom. The highest BCUT2D eigenvalue weighted by molar-refractivity contribution is 5.97. The van der Waals surface area contributed by atoms with Crippen molar-refractivity contribution < 1.29 is 14.4 Å². The molecule has 0 bridgehead atoms. The van der Waals surface area contributed by atoms with E-state index in [1.54, 1.807) is 4.90 Å². The van der Waals surface area contributed by atoms with E-state index in [0.29, 0.717) is 32.6 Å². The van der Waals surface area contributed by atoms with Gasteiger partial charge in [0.05, 0.1) is 6.67 Å². The van der Waals surface area contributed by atoms with Crippen molar-refractivity contribution in [2.75, 3.05) is 36.5 Å². The minimum Gasteiger partial charge on any atom is -0.352 e. The summed E-state index contributed by atoms with van der Waals surface area (Å²) >= 11 is 0. The molecule has 2 aliphatic rings. The third-order valence-electron chi connectivity index (χ3n) is 8.42. The van der Waals surface area contributed by atoms with Crippen molar-refractivity contribution >= 4 is 29.2 Å². The van der Waals surface area contributed by atoms with Crippen LogP contribution in [0.1, 0.15) is 83.8 Å². The number of hydrogen-bond donors (Lipinski definition) is 2. The van der Waals surface area contributed by atoms with Gasteiger partial charge in [-0.15, -0.1) is 0 Å². The van der Waals surface area contributed by atoms with Gasteiger partial charge in [-0.1, -0.05) is 71.0 Å². The topological polar surface area (TPSA) is 85.0 Å². The second-order valence-electron chi connectivity index (χ2n) is 11.9. The fraction of sp³-hybridized carbons (Fsp3) is 0.531. The number of likely N-dealkylation sites (tertiary alicyclic amines) is 1. The molecule has 0 radical (unpaired) electrons. The molecule has 216 valence electrons. The van der Waals surface area contributed by atoms with Crippen LogP contribution < -0.4 is 15.5 Å². The van der Waals surface area contributed by atoms with Gasteiger partial charge in [0.2, 0.25) is 5.91 Å². The number of nitrogens with one attached hydrogen (secondary N) is 2. The normalized spacial score (nSPS) is 17.6. The smallest absolute Gasteiger partial charge is 0.321 e. The van der Waals surface area contributed by atoms with Crippen LogP contribution in [0, 0.1) is 0 Å². The van der Waals surface area contributed by atoms with Crippen molar-refractivity contribution in [3.05, 3.63) is 59.7 Å². The number of hydrogen-bond acceptors (Lipinski definition) is 4. The van der Waals surface area contributed by atoms with Crippen LogP contribution in [0.15, 0.2) is 48.5 Å². The highest BCUT2D eigenvalue weighted by Crippen LogP contribution is 2.40. The third kappa shape index (κ3) is 5.96. The molecule has 2 fully saturated rings. The molecule has 2 saturated heterocycles. The molecule has 40 heavy (non-hydrogen) atoms. The van der Waals surface area contributed by atoms with Gasteiger partial charge in [0.25, 0.3) is 5.91 Å². The van der Waals surface area contributed by atoms with Gasteiger partial charge in [0, 0.05) is 30.5 Å². The number of piperidine rings is 1. The molecule has 2 aliphatic heterocycles. The Bertz CT molecular complexity index is 1180. The average molecular weight is 548 g/mol. The number of carbonyl (C=O) groups excluding carboxylic acids is 3. The van der Waals surface area contributed by atoms with Gasteiger partial charge in [-0.25, -0.2) is 4.79 Å². The van der Waals surface area contributed by atoms with E-state index in [1.807, 2.05) is 49.1 Å². The fourth-order valence-electron chi connectivity index (χ4n) is 5.88. The van der Waals surface area contributed by atoms with Crippen molar-refractivity contribution in [3.8, 4) is 0 Å². The van der Waals surface area contributed by atoms with E-state index in [0.717, 1.165) is 28.9 Å². The Morgan fingerprint density at radius 1 is 0.900 bits per heavy atom. The first kappa shape index (κ1) is 29.4. The lowest BCUT2D eigenvalue weighted by Gasteiger charge is -2.43. The molecule has 1 atom stereocenters. The van der Waals surface area contributed by atoms with E-state index in [9.17, 15) is 14.4 Å². The monoisotopic (exact) mass is 547 g/mol. The van der Waals surface area contributed by atoms with Crippen molar-refractivity contribution in [3.63, 3.8) is 0 Å². The van der Waals surface area contributed by atoms with E-state index in [2.05, 4.69) is 61.4 Å². The maximum absolute atomic E-state index is 13.9. The standard InChI is InChI=1S/C32H45N5O3/c1-7-24(6)33-28(38)20-36-21-37(25-12-9-8-10-13-25)32(30(36)39)16-18-35(19-17-32)31(40)34-29-26(22(2)3)14-11-15-27(29)23(4)5/h8-15,22-24H,7,16-21H2,1-6H3,(H,33,38)(H,34,40)/t24-/m1/s1. The summed E-state index contributed by atoms with van der Waals surface area (Å²) in [4.78, 5) is 45.8. The van der Waals surface area contributed by atoms with Crippen LogP contribution in [-0.4, -0.2) is 65.5 Å². The first-order valence-corrected chi connectivity index (χ1v) is 14.7. The van der Waals surface area contributed by atoms with Crippen LogP contribution in [0.3, 0.4) is 0 Å². The zero-order valence-electron chi connectivity index (χ0n) is 24.9. The van der Waals surface area contributed by atoms with Crippen molar-refractivity contribution in [2.45, 2.75) is 84.2 Å². The van der Waals surface area contributed by atoms with Gasteiger partial charge in [0.1, 0.15) is 12.1 Å². The second kappa shape index (κ2) is 12.3. The van der Waals surface area contributed by atoms with Crippen molar-refractivity contribution in [1.82, 2.24) is 15.1 Å². The van der Waals surface area contributed by atoms with E-state index in [-0.39, 0.29) is 42.3 Å². The predicted molar refractivity (Wildman–Crippen MR) is 161 cm³/mol. The highest BCUT2D eigenvalue weighted by Gasteiger charge is 2.54. The average Bonchev–Trinajstić information content (AvgIpc) is 3.19. The van der Waals surface area contributed by atoms with Crippen LogP contribution in [0.4, 0.5) is 16.2 Å². The Labute approximate surface area is 239 Å². The highest BCUT2D eigenvalue weighted by atomic mass is 16.2. The van der Waals surface area contributed by atoms with Gasteiger partial charge in [0.15, 0.2) is 0 Å². The summed E-state index contributed by atoms with van der Waals surface area (Å²) in [7, 11) is 0. The molecular weight excluding hydrogens is 502 g/mol. The number of amides is 4. The Kier molecular flexibility index (Phi) is 9.06. The minimum absolute atomic E-state index is 0.0302. The Hall–Kier alpha value is -3.55. The molecule has 1 spiro atoms. The van der Waals surface area contributed by atoms with Crippen LogP contribution in [0.2, 0.25) is 0 Å². The molecule has 0 aliphatic carbocycles. The van der Waals surface area contributed by atoms with Crippen LogP contribution in [0.5, 0.6) is 0 Å². The number of benzene rings is 2. The first-order chi connectivity index (χ1) is 19.1. The zero-order chi connectivity index (χ0) is 29.0. The number of anilines is 2. The summed E-state index contributed by atoms with van der Waals surface area (Å²) in [5.74, 6) is 0.368. The predicted octanol–water partition coefficient (Wildman–Crippen LogP) is 5.52. The van der Waals surface area contributed by atoms with Gasteiger partial charge < -0.3 is 25.3 Å². The molecule has 8 heteroatoms. The maximum Gasteiger partial charge on any atom is 0.321 e. The van der Waals surface area contributed by atoms with E-state index >= 15 is 0 Å². The largest absolute Gasteiger partial charge is 0.352 e. The number of para-hydroxylation sites is 2. The minimum atomic E-state index is -0.784. The molecule has 0 saturated carbocycles. The lowest BCUT2D eigenvalue weighted by atomic mass is 9.85. The summed E-state index contributed by atoms with van der Waals surface area (Å²) < 4.78 is 0. The zero-order valence-corrected chi connectivity index (χ0v) is 24.9. The van der Waals surface area contributed by atoms with Crippen LogP contribution in [-0.2, 0) is 9.59 Å². The summed E-state index contributed by atoms with van der Waals surface area (Å²) in [5, 5.41) is 6.21. The molecular formula is C32H45N5O3. The van der Waals surface area contributed by atoms with Gasteiger partial charge in [-0.05, 0) is 61.3 Å². The van der Waals surface area contributed by atoms with E-state index < -0.39 is 5.54 Å². The summed E-state index contributed by atoms with van der Waals surface area (Å²) in [6, 6.07) is 16.0. The quantitative estimate of drug-likeness (QED) is 0.456. The summed E-state index contributed by atoms with van der Waals surface area (Å²) in [6.07, 6.45) is 1.83. The van der Waals surface area contributed by atoms with E-state index in [4.69, 9.17) is 0 Å². The molecule has 2 aromatic rings. The first-order valence-electron chi connectivity index (χ1n) is 14.7. The van der Waals surface area contributed by atoms with Crippen LogP contribution >= 0.6 is 0 Å². The van der Waals surface area contributed by atoms with Crippen molar-refractivity contribution in [1.29, 1.82) is 0 Å². The number of rotatable bonds is 8. The molecule has 0 aromatic heterocycles. The third-order valence-corrected chi connectivity index (χ3v) is 8.42. The Balaban J connectivity index is 1.53.